The molecule has 2 fully saturated rings. The molecule has 0 amide bonds. The quantitative estimate of drug-likeness (QED) is 0.686. The van der Waals surface area contributed by atoms with Gasteiger partial charge in [-0.3, -0.25) is 4.79 Å². The lowest BCUT2D eigenvalue weighted by Crippen LogP contribution is -2.34. The van der Waals surface area contributed by atoms with Gasteiger partial charge in [0.25, 0.3) is 0 Å². The number of carbonyl (C=O) groups is 1. The first-order valence-corrected chi connectivity index (χ1v) is 7.47. The van der Waals surface area contributed by atoms with Crippen LogP contribution in [0.5, 0.6) is 0 Å². The molecule has 0 spiro atoms. The molecule has 4 nitrogen and oxygen atoms in total. The van der Waals surface area contributed by atoms with Crippen LogP contribution in [0.1, 0.15) is 38.5 Å². The maximum atomic E-state index is 12.0. The van der Waals surface area contributed by atoms with E-state index in [2.05, 4.69) is 4.74 Å². The second-order valence-corrected chi connectivity index (χ2v) is 7.39. The molecule has 0 saturated heterocycles. The summed E-state index contributed by atoms with van der Waals surface area (Å²) in [6.07, 6.45) is 4.57. The van der Waals surface area contributed by atoms with E-state index in [1.165, 1.54) is 7.11 Å². The van der Waals surface area contributed by atoms with E-state index in [4.69, 9.17) is 0 Å². The Hall–Kier alpha value is -0.580. The minimum absolute atomic E-state index is 0.136. The lowest BCUT2D eigenvalue weighted by molar-refractivity contribution is -0.141. The van der Waals surface area contributed by atoms with Crippen LogP contribution in [0.4, 0.5) is 0 Å². The van der Waals surface area contributed by atoms with Crippen LogP contribution < -0.4 is 0 Å². The topological polar surface area (TPSA) is 60.4 Å². The van der Waals surface area contributed by atoms with Crippen molar-refractivity contribution in [2.75, 3.05) is 12.9 Å². The molecule has 0 aromatic carbocycles. The molecule has 0 radical (unpaired) electrons. The molecule has 2 aliphatic carbocycles. The molecule has 0 bridgehead atoms. The summed E-state index contributed by atoms with van der Waals surface area (Å²) in [5.41, 5.74) is -0.290. The Morgan fingerprint density at radius 3 is 2.38 bits per heavy atom. The van der Waals surface area contributed by atoms with Gasteiger partial charge < -0.3 is 4.74 Å². The van der Waals surface area contributed by atoms with Crippen LogP contribution in [-0.4, -0.2) is 32.5 Å². The molecule has 0 heterocycles. The average molecular weight is 246 g/mol. The largest absolute Gasteiger partial charge is 0.469 e. The van der Waals surface area contributed by atoms with Gasteiger partial charge in [-0.25, -0.2) is 8.42 Å². The fourth-order valence-corrected chi connectivity index (χ4v) is 4.73. The summed E-state index contributed by atoms with van der Waals surface area (Å²) in [4.78, 5) is 11.2. The summed E-state index contributed by atoms with van der Waals surface area (Å²) in [6.45, 7) is 0. The van der Waals surface area contributed by atoms with Crippen molar-refractivity contribution in [1.82, 2.24) is 0 Å². The number of esters is 1. The van der Waals surface area contributed by atoms with Crippen LogP contribution in [0, 0.1) is 5.41 Å². The molecule has 0 atom stereocenters. The van der Waals surface area contributed by atoms with E-state index >= 15 is 0 Å². The molecule has 0 unspecified atom stereocenters. The summed E-state index contributed by atoms with van der Waals surface area (Å²) in [6, 6.07) is 0. The van der Waals surface area contributed by atoms with Gasteiger partial charge in [-0.05, 0) is 31.1 Å². The van der Waals surface area contributed by atoms with Crippen LogP contribution in [0.15, 0.2) is 0 Å². The average Bonchev–Trinajstić information content (AvgIpc) is 2.79. The highest BCUT2D eigenvalue weighted by Crippen LogP contribution is 2.51. The van der Waals surface area contributed by atoms with Crippen molar-refractivity contribution in [2.45, 2.75) is 43.8 Å². The number of rotatable bonds is 5. The van der Waals surface area contributed by atoms with Crippen LogP contribution in [0.3, 0.4) is 0 Å². The second-order valence-electron chi connectivity index (χ2n) is 5.11. The van der Waals surface area contributed by atoms with Crippen molar-refractivity contribution in [3.8, 4) is 0 Å². The third-order valence-corrected chi connectivity index (χ3v) is 6.27. The predicted molar refractivity (Wildman–Crippen MR) is 59.7 cm³/mol. The number of ether oxygens (including phenoxy) is 1. The fourth-order valence-electron chi connectivity index (χ4n) is 2.20. The highest BCUT2D eigenvalue weighted by molar-refractivity contribution is 7.92. The van der Waals surface area contributed by atoms with Crippen LogP contribution in [0.2, 0.25) is 0 Å². The minimum Gasteiger partial charge on any atom is -0.469 e. The summed E-state index contributed by atoms with van der Waals surface area (Å²) < 4.78 is 28.6. The van der Waals surface area contributed by atoms with E-state index in [9.17, 15) is 13.2 Å². The van der Waals surface area contributed by atoms with Gasteiger partial charge >= 0.3 is 5.97 Å². The lowest BCUT2D eigenvalue weighted by Gasteiger charge is -2.27. The summed E-state index contributed by atoms with van der Waals surface area (Å²) >= 11 is 0. The van der Waals surface area contributed by atoms with Crippen molar-refractivity contribution in [2.24, 2.45) is 5.41 Å². The van der Waals surface area contributed by atoms with Gasteiger partial charge in [0.05, 0.1) is 24.5 Å². The summed E-state index contributed by atoms with van der Waals surface area (Å²) in [7, 11) is -1.63. The van der Waals surface area contributed by atoms with Gasteiger partial charge in [-0.1, -0.05) is 6.42 Å². The molecule has 2 aliphatic rings. The molecule has 16 heavy (non-hydrogen) atoms. The zero-order valence-electron chi connectivity index (χ0n) is 9.57. The number of hydrogen-bond donors (Lipinski definition) is 0. The molecule has 0 N–H and O–H groups in total. The van der Waals surface area contributed by atoms with E-state index in [0.717, 1.165) is 32.1 Å². The Morgan fingerprint density at radius 2 is 2.00 bits per heavy atom. The molecule has 5 heteroatoms. The molecule has 0 aromatic rings. The third kappa shape index (κ3) is 2.39. The first-order valence-electron chi connectivity index (χ1n) is 5.76. The van der Waals surface area contributed by atoms with Crippen molar-refractivity contribution in [1.29, 1.82) is 0 Å². The van der Waals surface area contributed by atoms with Gasteiger partial charge in [0.1, 0.15) is 0 Å². The standard InChI is InChI=1S/C11H18O4S/c1-15-10(12)7-11(5-6-11)8-16(13,14)9-3-2-4-9/h9H,2-8H2,1H3. The van der Waals surface area contributed by atoms with Gasteiger partial charge in [-0.15, -0.1) is 0 Å². The van der Waals surface area contributed by atoms with Crippen molar-refractivity contribution < 1.29 is 17.9 Å². The Morgan fingerprint density at radius 1 is 1.38 bits per heavy atom. The Kier molecular flexibility index (Phi) is 2.99. The first kappa shape index (κ1) is 11.9. The maximum absolute atomic E-state index is 12.0. The monoisotopic (exact) mass is 246 g/mol. The normalized spacial score (nSPS) is 23.6. The maximum Gasteiger partial charge on any atom is 0.306 e. The Balaban J connectivity index is 1.95. The Bertz CT molecular complexity index is 377. The molecule has 0 aliphatic heterocycles. The van der Waals surface area contributed by atoms with Crippen LogP contribution in [0.25, 0.3) is 0 Å². The zero-order valence-corrected chi connectivity index (χ0v) is 10.4. The van der Waals surface area contributed by atoms with Crippen LogP contribution >= 0.6 is 0 Å². The third-order valence-electron chi connectivity index (χ3n) is 3.77. The molecule has 2 saturated carbocycles. The van der Waals surface area contributed by atoms with E-state index in [1.54, 1.807) is 0 Å². The zero-order chi connectivity index (χ0) is 11.8. The molecule has 92 valence electrons. The highest BCUT2D eigenvalue weighted by atomic mass is 32.2. The molecule has 2 rings (SSSR count). The van der Waals surface area contributed by atoms with Crippen LogP contribution in [-0.2, 0) is 19.4 Å². The van der Waals surface area contributed by atoms with Gasteiger partial charge in [-0.2, -0.15) is 0 Å². The van der Waals surface area contributed by atoms with Gasteiger partial charge in [0.2, 0.25) is 0 Å². The molecular formula is C11H18O4S. The van der Waals surface area contributed by atoms with Gasteiger partial charge in [0, 0.05) is 0 Å². The van der Waals surface area contributed by atoms with E-state index in [0.29, 0.717) is 0 Å². The van der Waals surface area contributed by atoms with Crippen molar-refractivity contribution >= 4 is 15.8 Å². The second kappa shape index (κ2) is 4.02. The molecule has 0 aromatic heterocycles. The smallest absolute Gasteiger partial charge is 0.306 e. The van der Waals surface area contributed by atoms with Gasteiger partial charge in [0.15, 0.2) is 9.84 Å². The number of methoxy groups -OCH3 is 1. The minimum atomic E-state index is -2.98. The lowest BCUT2D eigenvalue weighted by atomic mass is 10.00. The number of sulfone groups is 1. The number of carbonyl (C=O) groups excluding carboxylic acids is 1. The van der Waals surface area contributed by atoms with Crippen molar-refractivity contribution in [3.63, 3.8) is 0 Å². The number of hydrogen-bond acceptors (Lipinski definition) is 4. The summed E-state index contributed by atoms with van der Waals surface area (Å²) in [5, 5.41) is -0.136. The Labute approximate surface area is 96.3 Å². The fraction of sp³-hybridized carbons (Fsp3) is 0.909. The molecular weight excluding hydrogens is 228 g/mol. The van der Waals surface area contributed by atoms with Crippen molar-refractivity contribution in [3.05, 3.63) is 0 Å². The van der Waals surface area contributed by atoms with E-state index in [-0.39, 0.29) is 28.8 Å². The van der Waals surface area contributed by atoms with E-state index < -0.39 is 9.84 Å². The predicted octanol–water partition coefficient (Wildman–Crippen LogP) is 1.30. The summed E-state index contributed by atoms with van der Waals surface area (Å²) in [5.74, 6) is -0.110. The SMILES string of the molecule is COC(=O)CC1(CS(=O)(=O)C2CCC2)CC1. The highest BCUT2D eigenvalue weighted by Gasteiger charge is 2.49. The first-order chi connectivity index (χ1) is 7.47. The van der Waals surface area contributed by atoms with E-state index in [1.807, 2.05) is 0 Å².